The van der Waals surface area contributed by atoms with Crippen LogP contribution in [-0.4, -0.2) is 23.5 Å². The van der Waals surface area contributed by atoms with Gasteiger partial charge in [-0.1, -0.05) is 56.4 Å². The fourth-order valence-corrected chi connectivity index (χ4v) is 5.99. The molecule has 2 heteroatoms. The molecule has 1 aliphatic heterocycles. The molecular formula is C26H28FN. The average molecular weight is 374 g/mol. The molecule has 4 aliphatic carbocycles. The van der Waals surface area contributed by atoms with Crippen LogP contribution in [0.15, 0.2) is 65.8 Å². The third-order valence-corrected chi connectivity index (χ3v) is 7.53. The summed E-state index contributed by atoms with van der Waals surface area (Å²) in [5.74, 6) is 2.09. The van der Waals surface area contributed by atoms with Gasteiger partial charge in [-0.2, -0.15) is 0 Å². The summed E-state index contributed by atoms with van der Waals surface area (Å²) in [7, 11) is 0. The Labute approximate surface area is 167 Å². The summed E-state index contributed by atoms with van der Waals surface area (Å²) in [6, 6.07) is 6.99. The molecule has 0 aromatic heterocycles. The second-order valence-electron chi connectivity index (χ2n) is 10.4. The third-order valence-electron chi connectivity index (χ3n) is 7.53. The minimum atomic E-state index is -0.162. The van der Waals surface area contributed by atoms with Gasteiger partial charge in [0, 0.05) is 24.5 Å². The van der Waals surface area contributed by atoms with E-state index in [0.717, 1.165) is 30.4 Å². The third kappa shape index (κ3) is 2.61. The second kappa shape index (κ2) is 5.57. The Morgan fingerprint density at radius 2 is 1.93 bits per heavy atom. The van der Waals surface area contributed by atoms with Crippen LogP contribution >= 0.6 is 0 Å². The van der Waals surface area contributed by atoms with E-state index in [2.05, 4.69) is 49.1 Å². The van der Waals surface area contributed by atoms with Crippen LogP contribution in [0.25, 0.3) is 5.57 Å². The van der Waals surface area contributed by atoms with Crippen molar-refractivity contribution in [3.8, 4) is 0 Å². The van der Waals surface area contributed by atoms with Crippen LogP contribution in [0.4, 0.5) is 4.39 Å². The van der Waals surface area contributed by atoms with Crippen LogP contribution in [0.1, 0.15) is 38.7 Å². The molecule has 0 amide bonds. The lowest BCUT2D eigenvalue weighted by Crippen LogP contribution is -2.52. The second-order valence-corrected chi connectivity index (χ2v) is 10.4. The molecule has 0 bridgehead atoms. The first-order chi connectivity index (χ1) is 13.4. The van der Waals surface area contributed by atoms with Gasteiger partial charge in [0.05, 0.1) is 0 Å². The highest BCUT2D eigenvalue weighted by Crippen LogP contribution is 2.63. The van der Waals surface area contributed by atoms with Crippen molar-refractivity contribution in [2.24, 2.45) is 23.2 Å². The standard InChI is InChI=1S/C26H28FN/c1-25(2)13-22-11-21(18-5-7-24(27)8-6-18)12-23-14-26(22,23)28(16-25)15-17-3-4-19-10-20(19)9-17/h3-9,11-12,19-20,23H,10,13-16H2,1-2H3. The fraction of sp³-hybridized carbons (Fsp3) is 0.462. The van der Waals surface area contributed by atoms with E-state index in [1.54, 1.807) is 17.7 Å². The van der Waals surface area contributed by atoms with Gasteiger partial charge in [0.2, 0.25) is 0 Å². The topological polar surface area (TPSA) is 3.24 Å². The van der Waals surface area contributed by atoms with E-state index in [9.17, 15) is 4.39 Å². The van der Waals surface area contributed by atoms with E-state index in [1.807, 2.05) is 12.1 Å². The highest BCUT2D eigenvalue weighted by Gasteiger charge is 2.63. The number of allylic oxidation sites excluding steroid dienone is 4. The summed E-state index contributed by atoms with van der Waals surface area (Å²) in [6.07, 6.45) is 16.0. The molecule has 1 spiro atoms. The van der Waals surface area contributed by atoms with Crippen molar-refractivity contribution in [2.45, 2.75) is 38.6 Å². The molecule has 1 saturated heterocycles. The lowest BCUT2D eigenvalue weighted by molar-refractivity contribution is 0.0949. The normalized spacial score (nSPS) is 37.1. The van der Waals surface area contributed by atoms with Crippen molar-refractivity contribution in [3.63, 3.8) is 0 Å². The molecule has 4 unspecified atom stereocenters. The number of hydrogen-bond donors (Lipinski definition) is 0. The van der Waals surface area contributed by atoms with Crippen molar-refractivity contribution in [1.82, 2.24) is 4.90 Å². The molecule has 0 N–H and O–H groups in total. The van der Waals surface area contributed by atoms with Gasteiger partial charge < -0.3 is 0 Å². The maximum absolute atomic E-state index is 13.4. The van der Waals surface area contributed by atoms with Gasteiger partial charge in [-0.25, -0.2) is 4.39 Å². The van der Waals surface area contributed by atoms with Crippen molar-refractivity contribution in [1.29, 1.82) is 0 Å². The Morgan fingerprint density at radius 3 is 2.71 bits per heavy atom. The van der Waals surface area contributed by atoms with Crippen molar-refractivity contribution in [3.05, 3.63) is 77.2 Å². The van der Waals surface area contributed by atoms with Crippen LogP contribution in [-0.2, 0) is 0 Å². The van der Waals surface area contributed by atoms with Crippen LogP contribution < -0.4 is 0 Å². The lowest BCUT2D eigenvalue weighted by Gasteiger charge is -2.48. The number of likely N-dealkylation sites (tertiary alicyclic amines) is 1. The smallest absolute Gasteiger partial charge is 0.123 e. The molecule has 5 aliphatic rings. The molecule has 4 atom stereocenters. The highest BCUT2D eigenvalue weighted by molar-refractivity contribution is 5.79. The van der Waals surface area contributed by atoms with E-state index in [0.29, 0.717) is 5.92 Å². The summed E-state index contributed by atoms with van der Waals surface area (Å²) >= 11 is 0. The molecule has 28 heavy (non-hydrogen) atoms. The maximum Gasteiger partial charge on any atom is 0.123 e. The molecular weight excluding hydrogens is 345 g/mol. The van der Waals surface area contributed by atoms with Gasteiger partial charge in [0.25, 0.3) is 0 Å². The molecule has 1 heterocycles. The van der Waals surface area contributed by atoms with Crippen LogP contribution in [0.2, 0.25) is 0 Å². The summed E-state index contributed by atoms with van der Waals surface area (Å²) in [6.45, 7) is 7.06. The van der Waals surface area contributed by atoms with Crippen molar-refractivity contribution < 1.29 is 4.39 Å². The summed E-state index contributed by atoms with van der Waals surface area (Å²) in [5, 5.41) is 0. The van der Waals surface area contributed by atoms with Gasteiger partial charge >= 0.3 is 0 Å². The number of fused-ring (bicyclic) bond motifs is 1. The maximum atomic E-state index is 13.4. The van der Waals surface area contributed by atoms with Gasteiger partial charge in [0.15, 0.2) is 0 Å². The largest absolute Gasteiger partial charge is 0.289 e. The number of halogens is 1. The van der Waals surface area contributed by atoms with E-state index in [4.69, 9.17) is 0 Å². The zero-order chi connectivity index (χ0) is 19.1. The highest BCUT2D eigenvalue weighted by atomic mass is 19.1. The summed E-state index contributed by atoms with van der Waals surface area (Å²) in [5.41, 5.74) is 6.07. The van der Waals surface area contributed by atoms with Crippen molar-refractivity contribution in [2.75, 3.05) is 13.1 Å². The molecule has 3 fully saturated rings. The van der Waals surface area contributed by atoms with E-state index >= 15 is 0 Å². The molecule has 1 nitrogen and oxygen atoms in total. The van der Waals surface area contributed by atoms with Gasteiger partial charge in [-0.3, -0.25) is 4.90 Å². The number of rotatable bonds is 3. The Hall–Kier alpha value is -1.93. The van der Waals surface area contributed by atoms with Crippen molar-refractivity contribution >= 4 is 5.57 Å². The minimum absolute atomic E-state index is 0.162. The average Bonchev–Trinajstić information content (AvgIpc) is 3.54. The zero-order valence-corrected chi connectivity index (χ0v) is 16.8. The minimum Gasteiger partial charge on any atom is -0.289 e. The molecule has 144 valence electrons. The van der Waals surface area contributed by atoms with Gasteiger partial charge in [-0.05, 0) is 70.9 Å². The number of hydrogen-bond acceptors (Lipinski definition) is 1. The predicted octanol–water partition coefficient (Wildman–Crippen LogP) is 5.77. The van der Waals surface area contributed by atoms with Gasteiger partial charge in [-0.15, -0.1) is 0 Å². The number of piperidine rings is 1. The monoisotopic (exact) mass is 373 g/mol. The molecule has 0 radical (unpaired) electrons. The van der Waals surface area contributed by atoms with Gasteiger partial charge in [0.1, 0.15) is 5.82 Å². The van der Waals surface area contributed by atoms with Crippen LogP contribution in [0.5, 0.6) is 0 Å². The first-order valence-corrected chi connectivity index (χ1v) is 10.8. The van der Waals surface area contributed by atoms with E-state index < -0.39 is 0 Å². The molecule has 1 aromatic carbocycles. The first kappa shape index (κ1) is 17.0. The predicted molar refractivity (Wildman–Crippen MR) is 112 cm³/mol. The molecule has 2 saturated carbocycles. The quantitative estimate of drug-likeness (QED) is 0.650. The Bertz CT molecular complexity index is 961. The molecule has 6 rings (SSSR count). The fourth-order valence-electron chi connectivity index (χ4n) is 5.99. The molecule has 1 aromatic rings. The van der Waals surface area contributed by atoms with E-state index in [1.165, 1.54) is 30.5 Å². The Kier molecular flexibility index (Phi) is 3.38. The van der Waals surface area contributed by atoms with E-state index in [-0.39, 0.29) is 16.8 Å². The number of benzene rings is 1. The zero-order valence-electron chi connectivity index (χ0n) is 16.8. The van der Waals surface area contributed by atoms with Crippen LogP contribution in [0.3, 0.4) is 0 Å². The lowest BCUT2D eigenvalue weighted by atomic mass is 9.73. The Balaban J connectivity index is 1.33. The van der Waals surface area contributed by atoms with Crippen LogP contribution in [0, 0.1) is 29.0 Å². The number of nitrogens with zero attached hydrogens (tertiary/aromatic N) is 1. The summed E-state index contributed by atoms with van der Waals surface area (Å²) < 4.78 is 13.4. The first-order valence-electron chi connectivity index (χ1n) is 10.8. The Morgan fingerprint density at radius 1 is 1.11 bits per heavy atom. The summed E-state index contributed by atoms with van der Waals surface area (Å²) in [4.78, 5) is 2.78. The SMILES string of the molecule is CC1(C)CC2=CC(c3ccc(F)cc3)=CC3CC23N(CC2=CC3CC3C=C2)C1.